The number of likely N-dealkylation sites (tertiary alicyclic amines) is 1. The van der Waals surface area contributed by atoms with Crippen LogP contribution in [0.3, 0.4) is 0 Å². The highest BCUT2D eigenvalue weighted by Crippen LogP contribution is 2.36. The lowest BCUT2D eigenvalue weighted by Gasteiger charge is -2.30. The van der Waals surface area contributed by atoms with Gasteiger partial charge in [0.2, 0.25) is 11.8 Å². The minimum atomic E-state index is -3.70. The third kappa shape index (κ3) is 3.94. The van der Waals surface area contributed by atoms with E-state index in [1.54, 1.807) is 18.2 Å². The Labute approximate surface area is 176 Å². The number of hydrogen-bond acceptors (Lipinski definition) is 6. The Morgan fingerprint density at radius 2 is 1.83 bits per heavy atom. The monoisotopic (exact) mass is 431 g/mol. The van der Waals surface area contributed by atoms with Gasteiger partial charge in [0.25, 0.3) is 0 Å². The Hall–Kier alpha value is -2.44. The summed E-state index contributed by atoms with van der Waals surface area (Å²) < 4.78 is 31.6. The third-order valence-electron chi connectivity index (χ3n) is 6.26. The molecule has 2 amide bonds. The van der Waals surface area contributed by atoms with Gasteiger partial charge in [-0.15, -0.1) is 0 Å². The fraction of sp³-hybridized carbons (Fsp3) is 0.571. The van der Waals surface area contributed by atoms with E-state index >= 15 is 0 Å². The molecule has 0 aromatic heterocycles. The molecule has 2 saturated heterocycles. The Bertz CT molecular complexity index is 962. The quantitative estimate of drug-likeness (QED) is 0.744. The molecule has 1 aromatic rings. The van der Waals surface area contributed by atoms with E-state index in [1.165, 1.54) is 17.0 Å². The lowest BCUT2D eigenvalue weighted by Crippen LogP contribution is -2.51. The van der Waals surface area contributed by atoms with Crippen LogP contribution in [0.25, 0.3) is 0 Å². The van der Waals surface area contributed by atoms with E-state index < -0.39 is 32.6 Å². The molecule has 2 aliphatic heterocycles. The van der Waals surface area contributed by atoms with Gasteiger partial charge in [0.15, 0.2) is 9.84 Å². The molecule has 0 radical (unpaired) electrons. The molecule has 0 unspecified atom stereocenters. The van der Waals surface area contributed by atoms with Crippen LogP contribution in [0, 0.1) is 17.2 Å². The smallest absolute Gasteiger partial charge is 0.244 e. The fourth-order valence-electron chi connectivity index (χ4n) is 4.20. The normalized spacial score (nSPS) is 26.0. The van der Waals surface area contributed by atoms with Crippen LogP contribution in [0.1, 0.15) is 32.1 Å². The van der Waals surface area contributed by atoms with Crippen LogP contribution in [-0.2, 0) is 24.2 Å². The maximum absolute atomic E-state index is 13.2. The molecule has 4 rings (SSSR count). The van der Waals surface area contributed by atoms with Crippen LogP contribution in [0.4, 0.5) is 0 Å². The van der Waals surface area contributed by atoms with Gasteiger partial charge >= 0.3 is 0 Å². The Morgan fingerprint density at radius 1 is 1.17 bits per heavy atom. The van der Waals surface area contributed by atoms with E-state index in [2.05, 4.69) is 11.4 Å². The zero-order valence-corrected chi connectivity index (χ0v) is 17.4. The highest BCUT2D eigenvalue weighted by molar-refractivity contribution is 7.92. The van der Waals surface area contributed by atoms with Gasteiger partial charge in [-0.25, -0.2) is 8.42 Å². The first-order valence-electron chi connectivity index (χ1n) is 10.3. The highest BCUT2D eigenvalue weighted by atomic mass is 32.2. The molecule has 3 aliphatic rings. The first-order chi connectivity index (χ1) is 14.4. The van der Waals surface area contributed by atoms with Crippen LogP contribution < -0.4 is 5.32 Å². The van der Waals surface area contributed by atoms with E-state index in [9.17, 15) is 23.3 Å². The van der Waals surface area contributed by atoms with Crippen molar-refractivity contribution in [2.45, 2.75) is 53.8 Å². The van der Waals surface area contributed by atoms with Crippen molar-refractivity contribution in [3.05, 3.63) is 30.3 Å². The Morgan fingerprint density at radius 3 is 2.43 bits per heavy atom. The number of nitriles is 1. The van der Waals surface area contributed by atoms with Gasteiger partial charge < -0.3 is 15.0 Å². The number of sulfone groups is 1. The molecule has 1 aromatic carbocycles. The van der Waals surface area contributed by atoms with Gasteiger partial charge in [-0.2, -0.15) is 5.26 Å². The summed E-state index contributed by atoms with van der Waals surface area (Å²) in [5, 5.41) is 11.2. The molecule has 2 heterocycles. The molecule has 1 aliphatic carbocycles. The molecule has 1 N–H and O–H groups in total. The largest absolute Gasteiger partial charge is 0.381 e. The second-order valence-corrected chi connectivity index (χ2v) is 10.5. The topological polar surface area (TPSA) is 117 Å². The summed E-state index contributed by atoms with van der Waals surface area (Å²) in [4.78, 5) is 27.8. The third-order valence-corrected chi connectivity index (χ3v) is 8.40. The van der Waals surface area contributed by atoms with E-state index in [-0.39, 0.29) is 29.7 Å². The van der Waals surface area contributed by atoms with Crippen molar-refractivity contribution in [2.75, 3.05) is 19.8 Å². The van der Waals surface area contributed by atoms with Crippen LogP contribution in [0.2, 0.25) is 0 Å². The van der Waals surface area contributed by atoms with Crippen molar-refractivity contribution in [1.29, 1.82) is 5.26 Å². The first kappa shape index (κ1) is 20.8. The molecule has 8 nitrogen and oxygen atoms in total. The second-order valence-electron chi connectivity index (χ2n) is 8.29. The van der Waals surface area contributed by atoms with Crippen LogP contribution in [-0.4, -0.2) is 61.7 Å². The van der Waals surface area contributed by atoms with Crippen molar-refractivity contribution < 1.29 is 22.7 Å². The summed E-state index contributed by atoms with van der Waals surface area (Å²) in [5.41, 5.74) is -0.874. The van der Waals surface area contributed by atoms with Crippen LogP contribution in [0.15, 0.2) is 35.2 Å². The van der Waals surface area contributed by atoms with E-state index in [1.807, 2.05) is 0 Å². The standard InChI is InChI=1S/C21H25N3O5S/c22-14-21(8-9-21)23-19(25)18-12-17(30(27,28)16-4-2-1-3-5-16)13-24(18)20(26)15-6-10-29-11-7-15/h1-5,15,17-18H,6-13H2,(H,23,25)/t17-,18+/m1/s1. The minimum absolute atomic E-state index is 0.0228. The number of carbonyl (C=O) groups excluding carboxylic acids is 2. The Kier molecular flexibility index (Phi) is 5.55. The van der Waals surface area contributed by atoms with Crippen molar-refractivity contribution in [1.82, 2.24) is 10.2 Å². The number of rotatable bonds is 5. The predicted octanol–water partition coefficient (Wildman–Crippen LogP) is 1.03. The molecule has 1 saturated carbocycles. The molecule has 160 valence electrons. The highest BCUT2D eigenvalue weighted by Gasteiger charge is 2.50. The lowest BCUT2D eigenvalue weighted by atomic mass is 9.98. The van der Waals surface area contributed by atoms with Crippen LogP contribution >= 0.6 is 0 Å². The SMILES string of the molecule is N#CC1(NC(=O)[C@@H]2C[C@@H](S(=O)(=O)c3ccccc3)CN2C(=O)C2CCOCC2)CC1. The van der Waals surface area contributed by atoms with Crippen molar-refractivity contribution >= 4 is 21.7 Å². The number of hydrogen-bond donors (Lipinski definition) is 1. The number of nitrogens with one attached hydrogen (secondary N) is 1. The van der Waals surface area contributed by atoms with E-state index in [4.69, 9.17) is 4.74 Å². The van der Waals surface area contributed by atoms with Gasteiger partial charge in [-0.3, -0.25) is 9.59 Å². The zero-order chi connectivity index (χ0) is 21.4. The summed E-state index contributed by atoms with van der Waals surface area (Å²) in [6, 6.07) is 9.32. The molecule has 2 atom stereocenters. The van der Waals surface area contributed by atoms with Crippen molar-refractivity contribution in [2.24, 2.45) is 5.92 Å². The van der Waals surface area contributed by atoms with Crippen LogP contribution in [0.5, 0.6) is 0 Å². The summed E-state index contributed by atoms with van der Waals surface area (Å²) in [6.45, 7) is 0.930. The van der Waals surface area contributed by atoms with Crippen molar-refractivity contribution in [3.8, 4) is 6.07 Å². The summed E-state index contributed by atoms with van der Waals surface area (Å²) in [5.74, 6) is -0.927. The summed E-state index contributed by atoms with van der Waals surface area (Å²) in [6.07, 6.45) is 2.28. The van der Waals surface area contributed by atoms with E-state index in [0.29, 0.717) is 38.9 Å². The van der Waals surface area contributed by atoms with Gasteiger partial charge in [0.1, 0.15) is 11.6 Å². The predicted molar refractivity (Wildman–Crippen MR) is 107 cm³/mol. The average Bonchev–Trinajstić information content (AvgIpc) is 3.39. The molecule has 30 heavy (non-hydrogen) atoms. The number of nitrogens with zero attached hydrogens (tertiary/aromatic N) is 2. The molecule has 0 bridgehead atoms. The number of carbonyl (C=O) groups is 2. The van der Waals surface area contributed by atoms with Gasteiger partial charge in [0.05, 0.1) is 16.2 Å². The summed E-state index contributed by atoms with van der Waals surface area (Å²) >= 11 is 0. The molecule has 3 fully saturated rings. The number of benzene rings is 1. The zero-order valence-electron chi connectivity index (χ0n) is 16.6. The fourth-order valence-corrected chi connectivity index (χ4v) is 5.92. The first-order valence-corrected chi connectivity index (χ1v) is 11.8. The van der Waals surface area contributed by atoms with Gasteiger partial charge in [0, 0.05) is 25.7 Å². The molecular weight excluding hydrogens is 406 g/mol. The maximum Gasteiger partial charge on any atom is 0.244 e. The van der Waals surface area contributed by atoms with Gasteiger partial charge in [-0.1, -0.05) is 18.2 Å². The Balaban J connectivity index is 1.59. The van der Waals surface area contributed by atoms with E-state index in [0.717, 1.165) is 0 Å². The molecule has 0 spiro atoms. The average molecular weight is 432 g/mol. The lowest BCUT2D eigenvalue weighted by molar-refractivity contribution is -0.144. The minimum Gasteiger partial charge on any atom is -0.381 e. The second kappa shape index (κ2) is 8.00. The maximum atomic E-state index is 13.2. The number of amides is 2. The summed E-state index contributed by atoms with van der Waals surface area (Å²) in [7, 11) is -3.70. The van der Waals surface area contributed by atoms with Gasteiger partial charge in [-0.05, 0) is 44.2 Å². The molecular formula is C21H25N3O5S. The number of ether oxygens (including phenoxy) is 1. The molecule has 9 heteroatoms. The van der Waals surface area contributed by atoms with Crippen molar-refractivity contribution in [3.63, 3.8) is 0 Å².